The quantitative estimate of drug-likeness (QED) is 0.206. The van der Waals surface area contributed by atoms with Gasteiger partial charge in [0.05, 0.1) is 11.2 Å². The van der Waals surface area contributed by atoms with Crippen LogP contribution in [-0.4, -0.2) is 9.97 Å². The molecule has 0 N–H and O–H groups in total. The third-order valence-corrected chi connectivity index (χ3v) is 9.09. The van der Waals surface area contributed by atoms with Crippen molar-refractivity contribution in [1.82, 2.24) is 9.97 Å². The predicted molar refractivity (Wildman–Crippen MR) is 188 cm³/mol. The molecule has 0 unspecified atom stereocenters. The molecule has 0 aliphatic rings. The van der Waals surface area contributed by atoms with Crippen molar-refractivity contribution in [1.29, 1.82) is 0 Å². The maximum Gasteiger partial charge on any atom is 0.160 e. The number of aromatic nitrogens is 2. The number of furan rings is 2. The van der Waals surface area contributed by atoms with Crippen LogP contribution in [0.3, 0.4) is 0 Å². The molecule has 0 bridgehead atoms. The van der Waals surface area contributed by atoms with Crippen molar-refractivity contribution in [3.05, 3.63) is 146 Å². The lowest BCUT2D eigenvalue weighted by molar-refractivity contribution is 0.669. The highest BCUT2D eigenvalue weighted by Gasteiger charge is 2.15. The molecule has 3 heterocycles. The van der Waals surface area contributed by atoms with E-state index in [1.165, 1.54) is 0 Å². The van der Waals surface area contributed by atoms with Gasteiger partial charge in [0, 0.05) is 43.4 Å². The Morgan fingerprint density at radius 1 is 0.370 bits per heavy atom. The molecule has 4 heteroatoms. The fourth-order valence-electron chi connectivity index (χ4n) is 6.79. The maximum atomic E-state index is 6.34. The van der Waals surface area contributed by atoms with Gasteiger partial charge in [-0.05, 0) is 59.0 Å². The number of hydrogen-bond acceptors (Lipinski definition) is 4. The molecular formula is C42H24N2O2. The van der Waals surface area contributed by atoms with Crippen LogP contribution in [0.4, 0.5) is 0 Å². The van der Waals surface area contributed by atoms with Gasteiger partial charge in [0.2, 0.25) is 0 Å². The number of hydrogen-bond donors (Lipinski definition) is 0. The Labute approximate surface area is 263 Å². The first kappa shape index (κ1) is 25.1. The van der Waals surface area contributed by atoms with Gasteiger partial charge in [0.1, 0.15) is 22.3 Å². The Hall–Kier alpha value is -6.26. The SMILES string of the molecule is c1ccc2c(-c3ccc(-c4ccc5ccc6c7ccccc7oc6c5c4)cc3)nc(-c3ccc4c(c3)oc3ccccc34)nc2c1. The average Bonchev–Trinajstić information content (AvgIpc) is 3.69. The van der Waals surface area contributed by atoms with Crippen molar-refractivity contribution in [2.75, 3.05) is 0 Å². The van der Waals surface area contributed by atoms with E-state index in [2.05, 4.69) is 91.0 Å². The van der Waals surface area contributed by atoms with Crippen LogP contribution in [-0.2, 0) is 0 Å². The second kappa shape index (κ2) is 9.62. The molecule has 0 fully saturated rings. The van der Waals surface area contributed by atoms with E-state index in [9.17, 15) is 0 Å². The second-order valence-corrected chi connectivity index (χ2v) is 11.8. The van der Waals surface area contributed by atoms with Crippen molar-refractivity contribution >= 4 is 65.6 Å². The molecule has 7 aromatic carbocycles. The Morgan fingerprint density at radius 3 is 1.83 bits per heavy atom. The zero-order valence-corrected chi connectivity index (χ0v) is 24.6. The lowest BCUT2D eigenvalue weighted by Crippen LogP contribution is -1.95. The largest absolute Gasteiger partial charge is 0.456 e. The van der Waals surface area contributed by atoms with Crippen LogP contribution < -0.4 is 0 Å². The van der Waals surface area contributed by atoms with Gasteiger partial charge in [-0.1, -0.05) is 103 Å². The topological polar surface area (TPSA) is 52.1 Å². The normalized spacial score (nSPS) is 11.9. The zero-order valence-electron chi connectivity index (χ0n) is 24.6. The van der Waals surface area contributed by atoms with Crippen LogP contribution in [0.5, 0.6) is 0 Å². The van der Waals surface area contributed by atoms with Crippen LogP contribution >= 0.6 is 0 Å². The summed E-state index contributed by atoms with van der Waals surface area (Å²) in [4.78, 5) is 10.1. The van der Waals surface area contributed by atoms with Crippen LogP contribution in [0.25, 0.3) is 99.3 Å². The Bertz CT molecular complexity index is 2810. The maximum absolute atomic E-state index is 6.34. The van der Waals surface area contributed by atoms with E-state index in [1.54, 1.807) is 0 Å². The molecule has 0 saturated carbocycles. The molecule has 0 saturated heterocycles. The highest BCUT2D eigenvalue weighted by Crippen LogP contribution is 2.37. The summed E-state index contributed by atoms with van der Waals surface area (Å²) in [5.41, 5.74) is 9.58. The summed E-state index contributed by atoms with van der Waals surface area (Å²) in [5, 5.41) is 7.77. The summed E-state index contributed by atoms with van der Waals surface area (Å²) in [5.74, 6) is 0.671. The van der Waals surface area contributed by atoms with E-state index in [0.29, 0.717) is 5.82 Å². The molecule has 0 radical (unpaired) electrons. The Morgan fingerprint density at radius 2 is 0.978 bits per heavy atom. The van der Waals surface area contributed by atoms with Gasteiger partial charge in [0.15, 0.2) is 5.82 Å². The third-order valence-electron chi connectivity index (χ3n) is 9.09. The first-order valence-electron chi connectivity index (χ1n) is 15.4. The minimum absolute atomic E-state index is 0.671. The summed E-state index contributed by atoms with van der Waals surface area (Å²) in [7, 11) is 0. The number of benzene rings is 7. The molecule has 0 amide bonds. The molecule has 0 atom stereocenters. The molecule has 10 aromatic rings. The standard InChI is InChI=1S/C42H24N2O2/c1-4-10-36-34(9-1)40(44-42(43-36)29-20-21-32-30-7-2-5-11-37(30)45-39(32)24-29)27-16-13-25(14-17-27)28-18-15-26-19-22-33-31-8-3-6-12-38(31)46-41(33)35(26)23-28/h1-24H. The van der Waals surface area contributed by atoms with Gasteiger partial charge in [-0.25, -0.2) is 9.97 Å². The summed E-state index contributed by atoms with van der Waals surface area (Å²) >= 11 is 0. The first-order chi connectivity index (χ1) is 22.8. The fourth-order valence-corrected chi connectivity index (χ4v) is 6.79. The summed E-state index contributed by atoms with van der Waals surface area (Å²) in [6, 6.07) is 50.4. The molecule has 0 aliphatic heterocycles. The zero-order chi connectivity index (χ0) is 30.2. The van der Waals surface area contributed by atoms with Gasteiger partial charge in [-0.15, -0.1) is 0 Å². The summed E-state index contributed by atoms with van der Waals surface area (Å²) in [6.07, 6.45) is 0. The molecule has 0 spiro atoms. The van der Waals surface area contributed by atoms with Crippen LogP contribution in [0, 0.1) is 0 Å². The fraction of sp³-hybridized carbons (Fsp3) is 0. The molecule has 3 aromatic heterocycles. The van der Waals surface area contributed by atoms with Crippen molar-refractivity contribution in [3.8, 4) is 33.8 Å². The van der Waals surface area contributed by atoms with E-state index in [1.807, 2.05) is 54.6 Å². The number of rotatable bonds is 3. The van der Waals surface area contributed by atoms with E-state index in [0.717, 1.165) is 93.5 Å². The van der Waals surface area contributed by atoms with Gasteiger partial charge in [-0.3, -0.25) is 0 Å². The Balaban J connectivity index is 1.07. The van der Waals surface area contributed by atoms with Crippen molar-refractivity contribution in [2.24, 2.45) is 0 Å². The molecular weight excluding hydrogens is 564 g/mol. The summed E-state index contributed by atoms with van der Waals surface area (Å²) in [6.45, 7) is 0. The molecule has 10 rings (SSSR count). The molecule has 214 valence electrons. The predicted octanol–water partition coefficient (Wildman–Crippen LogP) is 11.6. The molecule has 46 heavy (non-hydrogen) atoms. The lowest BCUT2D eigenvalue weighted by atomic mass is 9.97. The van der Waals surface area contributed by atoms with Gasteiger partial charge < -0.3 is 8.83 Å². The number of para-hydroxylation sites is 3. The molecule has 4 nitrogen and oxygen atoms in total. The van der Waals surface area contributed by atoms with E-state index < -0.39 is 0 Å². The highest BCUT2D eigenvalue weighted by molar-refractivity contribution is 6.15. The minimum atomic E-state index is 0.671. The van der Waals surface area contributed by atoms with Crippen molar-refractivity contribution in [2.45, 2.75) is 0 Å². The van der Waals surface area contributed by atoms with Gasteiger partial charge in [0.25, 0.3) is 0 Å². The second-order valence-electron chi connectivity index (χ2n) is 11.8. The Kier molecular flexibility index (Phi) is 5.25. The first-order valence-corrected chi connectivity index (χ1v) is 15.4. The van der Waals surface area contributed by atoms with Gasteiger partial charge >= 0.3 is 0 Å². The van der Waals surface area contributed by atoms with E-state index in [-0.39, 0.29) is 0 Å². The van der Waals surface area contributed by atoms with Gasteiger partial charge in [-0.2, -0.15) is 0 Å². The van der Waals surface area contributed by atoms with Crippen molar-refractivity contribution in [3.63, 3.8) is 0 Å². The average molecular weight is 589 g/mol. The number of nitrogens with zero attached hydrogens (tertiary/aromatic N) is 2. The van der Waals surface area contributed by atoms with Crippen LogP contribution in [0.2, 0.25) is 0 Å². The van der Waals surface area contributed by atoms with E-state index in [4.69, 9.17) is 18.8 Å². The lowest BCUT2D eigenvalue weighted by Gasteiger charge is -2.11. The molecule has 0 aliphatic carbocycles. The summed E-state index contributed by atoms with van der Waals surface area (Å²) < 4.78 is 12.5. The monoisotopic (exact) mass is 588 g/mol. The van der Waals surface area contributed by atoms with Crippen molar-refractivity contribution < 1.29 is 8.83 Å². The van der Waals surface area contributed by atoms with E-state index >= 15 is 0 Å². The smallest absolute Gasteiger partial charge is 0.160 e. The van der Waals surface area contributed by atoms with Crippen LogP contribution in [0.1, 0.15) is 0 Å². The third kappa shape index (κ3) is 3.80. The highest BCUT2D eigenvalue weighted by atomic mass is 16.3. The van der Waals surface area contributed by atoms with Crippen LogP contribution in [0.15, 0.2) is 154 Å². The minimum Gasteiger partial charge on any atom is -0.456 e. The number of fused-ring (bicyclic) bond motifs is 9.